The molecule has 0 heterocycles. The number of rotatable bonds is 6. The SMILES string of the molecule is Cc1cccc(F)c1NC(=O)N[C@H](CCC(N)=O)C(=O)O. The van der Waals surface area contributed by atoms with E-state index in [2.05, 4.69) is 10.6 Å². The number of para-hydroxylation sites is 1. The third kappa shape index (κ3) is 5.09. The highest BCUT2D eigenvalue weighted by Crippen LogP contribution is 2.18. The van der Waals surface area contributed by atoms with Crippen molar-refractivity contribution in [2.24, 2.45) is 5.73 Å². The minimum Gasteiger partial charge on any atom is -0.480 e. The van der Waals surface area contributed by atoms with Gasteiger partial charge in [0.15, 0.2) is 0 Å². The Balaban J connectivity index is 2.70. The highest BCUT2D eigenvalue weighted by atomic mass is 19.1. The summed E-state index contributed by atoms with van der Waals surface area (Å²) in [6.45, 7) is 1.60. The molecule has 3 amide bonds. The van der Waals surface area contributed by atoms with Gasteiger partial charge in [-0.15, -0.1) is 0 Å². The van der Waals surface area contributed by atoms with Crippen LogP contribution in [0.2, 0.25) is 0 Å². The van der Waals surface area contributed by atoms with Crippen LogP contribution in [0.4, 0.5) is 14.9 Å². The lowest BCUT2D eigenvalue weighted by Crippen LogP contribution is -2.43. The fraction of sp³-hybridized carbons (Fsp3) is 0.308. The van der Waals surface area contributed by atoms with Crippen LogP contribution in [-0.2, 0) is 9.59 Å². The largest absolute Gasteiger partial charge is 0.480 e. The predicted molar refractivity (Wildman–Crippen MR) is 73.1 cm³/mol. The number of amides is 3. The van der Waals surface area contributed by atoms with E-state index in [1.807, 2.05) is 0 Å². The summed E-state index contributed by atoms with van der Waals surface area (Å²) in [5, 5.41) is 13.3. The number of halogens is 1. The highest BCUT2D eigenvalue weighted by Gasteiger charge is 2.21. The lowest BCUT2D eigenvalue weighted by Gasteiger charge is -2.15. The van der Waals surface area contributed by atoms with Crippen LogP contribution in [0.15, 0.2) is 18.2 Å². The molecule has 1 rings (SSSR count). The van der Waals surface area contributed by atoms with Crippen LogP contribution in [0.3, 0.4) is 0 Å². The quantitative estimate of drug-likeness (QED) is 0.625. The zero-order valence-electron chi connectivity index (χ0n) is 11.4. The molecule has 1 aromatic carbocycles. The van der Waals surface area contributed by atoms with E-state index < -0.39 is 29.8 Å². The first kappa shape index (κ1) is 16.4. The van der Waals surface area contributed by atoms with Gasteiger partial charge in [-0.2, -0.15) is 0 Å². The number of nitrogens with two attached hydrogens (primary N) is 1. The summed E-state index contributed by atoms with van der Waals surface area (Å²) in [5.74, 6) is -2.61. The number of anilines is 1. The Bertz CT molecular complexity index is 542. The number of aliphatic carboxylic acids is 1. The standard InChI is InChI=1S/C13H16FN3O4/c1-7-3-2-4-8(14)11(7)17-13(21)16-9(12(19)20)5-6-10(15)18/h2-4,9H,5-6H2,1H3,(H2,15,18)(H,19,20)(H2,16,17,21)/t9-/m1/s1. The van der Waals surface area contributed by atoms with Gasteiger partial charge in [0.1, 0.15) is 11.9 Å². The monoisotopic (exact) mass is 297 g/mol. The number of carbonyl (C=O) groups excluding carboxylic acids is 2. The van der Waals surface area contributed by atoms with E-state index in [1.165, 1.54) is 12.1 Å². The molecule has 0 fully saturated rings. The molecule has 114 valence electrons. The smallest absolute Gasteiger partial charge is 0.326 e. The van der Waals surface area contributed by atoms with E-state index >= 15 is 0 Å². The molecule has 1 atom stereocenters. The summed E-state index contributed by atoms with van der Waals surface area (Å²) >= 11 is 0. The second-order valence-corrected chi connectivity index (χ2v) is 4.43. The van der Waals surface area contributed by atoms with E-state index in [9.17, 15) is 18.8 Å². The first-order valence-electron chi connectivity index (χ1n) is 6.15. The van der Waals surface area contributed by atoms with Gasteiger partial charge in [0.25, 0.3) is 0 Å². The summed E-state index contributed by atoms with van der Waals surface area (Å²) in [5.41, 5.74) is 5.39. The summed E-state index contributed by atoms with van der Waals surface area (Å²) in [6, 6.07) is 2.09. The summed E-state index contributed by atoms with van der Waals surface area (Å²) in [4.78, 5) is 33.3. The molecule has 0 radical (unpaired) electrons. The van der Waals surface area contributed by atoms with Crippen molar-refractivity contribution in [3.05, 3.63) is 29.6 Å². The maximum Gasteiger partial charge on any atom is 0.326 e. The van der Waals surface area contributed by atoms with Crippen LogP contribution in [0.25, 0.3) is 0 Å². The van der Waals surface area contributed by atoms with E-state index in [0.29, 0.717) is 5.56 Å². The number of urea groups is 1. The van der Waals surface area contributed by atoms with E-state index in [1.54, 1.807) is 13.0 Å². The molecule has 0 aliphatic rings. The van der Waals surface area contributed by atoms with Crippen molar-refractivity contribution in [2.75, 3.05) is 5.32 Å². The summed E-state index contributed by atoms with van der Waals surface area (Å²) in [6.07, 6.45) is -0.329. The zero-order valence-corrected chi connectivity index (χ0v) is 11.4. The van der Waals surface area contributed by atoms with Crippen LogP contribution >= 0.6 is 0 Å². The van der Waals surface area contributed by atoms with E-state index in [0.717, 1.165) is 0 Å². The van der Waals surface area contributed by atoms with Gasteiger partial charge in [-0.1, -0.05) is 12.1 Å². The van der Waals surface area contributed by atoms with Crippen LogP contribution in [0, 0.1) is 12.7 Å². The number of aryl methyl sites for hydroxylation is 1. The molecule has 0 aliphatic heterocycles. The van der Waals surface area contributed by atoms with E-state index in [4.69, 9.17) is 10.8 Å². The average molecular weight is 297 g/mol. The van der Waals surface area contributed by atoms with Crippen LogP contribution < -0.4 is 16.4 Å². The molecule has 1 aromatic rings. The molecular formula is C13H16FN3O4. The number of hydrogen-bond donors (Lipinski definition) is 4. The molecule has 8 heteroatoms. The maximum absolute atomic E-state index is 13.5. The van der Waals surface area contributed by atoms with Crippen molar-refractivity contribution in [1.82, 2.24) is 5.32 Å². The fourth-order valence-corrected chi connectivity index (χ4v) is 1.64. The zero-order chi connectivity index (χ0) is 16.0. The molecule has 21 heavy (non-hydrogen) atoms. The maximum atomic E-state index is 13.5. The van der Waals surface area contributed by atoms with Gasteiger partial charge in [0.05, 0.1) is 5.69 Å². The predicted octanol–water partition coefficient (Wildman–Crippen LogP) is 0.974. The molecule has 0 aliphatic carbocycles. The first-order valence-corrected chi connectivity index (χ1v) is 6.15. The molecule has 0 unspecified atom stereocenters. The first-order chi connectivity index (χ1) is 9.81. The normalized spacial score (nSPS) is 11.5. The number of carbonyl (C=O) groups is 3. The number of hydrogen-bond acceptors (Lipinski definition) is 3. The minimum absolute atomic E-state index is 0.0333. The number of carboxylic acids is 1. The molecule has 0 spiro atoms. The fourth-order valence-electron chi connectivity index (χ4n) is 1.64. The van der Waals surface area contributed by atoms with Crippen molar-refractivity contribution >= 4 is 23.6 Å². The number of carboxylic acid groups (broad SMARTS) is 1. The van der Waals surface area contributed by atoms with Crippen LogP contribution in [0.5, 0.6) is 0 Å². The van der Waals surface area contributed by atoms with Crippen molar-refractivity contribution in [1.29, 1.82) is 0 Å². The molecule has 0 saturated heterocycles. The summed E-state index contributed by atoms with van der Waals surface area (Å²) in [7, 11) is 0. The van der Waals surface area contributed by atoms with Crippen molar-refractivity contribution in [3.63, 3.8) is 0 Å². The molecule has 0 saturated carbocycles. The van der Waals surface area contributed by atoms with Gasteiger partial charge in [-0.25, -0.2) is 14.0 Å². The van der Waals surface area contributed by atoms with Gasteiger partial charge in [0, 0.05) is 6.42 Å². The molecule has 0 bridgehead atoms. The van der Waals surface area contributed by atoms with Gasteiger partial charge < -0.3 is 21.5 Å². The van der Waals surface area contributed by atoms with Crippen molar-refractivity contribution in [2.45, 2.75) is 25.8 Å². The molecule has 7 nitrogen and oxygen atoms in total. The van der Waals surface area contributed by atoms with E-state index in [-0.39, 0.29) is 18.5 Å². The van der Waals surface area contributed by atoms with Gasteiger partial charge in [-0.05, 0) is 25.0 Å². The molecular weight excluding hydrogens is 281 g/mol. The third-order valence-electron chi connectivity index (χ3n) is 2.74. The van der Waals surface area contributed by atoms with Gasteiger partial charge in [-0.3, -0.25) is 4.79 Å². The Hall–Kier alpha value is -2.64. The third-order valence-corrected chi connectivity index (χ3v) is 2.74. The topological polar surface area (TPSA) is 122 Å². The van der Waals surface area contributed by atoms with Crippen LogP contribution in [-0.4, -0.2) is 29.1 Å². The van der Waals surface area contributed by atoms with Crippen molar-refractivity contribution in [3.8, 4) is 0 Å². The second-order valence-electron chi connectivity index (χ2n) is 4.43. The lowest BCUT2D eigenvalue weighted by atomic mass is 10.1. The van der Waals surface area contributed by atoms with Gasteiger partial charge >= 0.3 is 12.0 Å². The Labute approximate surface area is 120 Å². The Kier molecular flexibility index (Phi) is 5.65. The van der Waals surface area contributed by atoms with Crippen LogP contribution in [0.1, 0.15) is 18.4 Å². The average Bonchev–Trinajstić information content (AvgIpc) is 2.38. The Morgan fingerprint density at radius 1 is 1.38 bits per heavy atom. The number of nitrogens with one attached hydrogen (secondary N) is 2. The summed E-state index contributed by atoms with van der Waals surface area (Å²) < 4.78 is 13.5. The minimum atomic E-state index is -1.31. The Morgan fingerprint density at radius 2 is 2.05 bits per heavy atom. The highest BCUT2D eigenvalue weighted by molar-refractivity contribution is 5.93. The van der Waals surface area contributed by atoms with Crippen molar-refractivity contribution < 1.29 is 23.9 Å². The van der Waals surface area contributed by atoms with Gasteiger partial charge in [0.2, 0.25) is 5.91 Å². The Morgan fingerprint density at radius 3 is 2.57 bits per heavy atom. The molecule has 5 N–H and O–H groups in total. The lowest BCUT2D eigenvalue weighted by molar-refractivity contribution is -0.139. The molecule has 0 aromatic heterocycles. The number of primary amides is 1. The second kappa shape index (κ2) is 7.22. The number of benzene rings is 1.